The first-order valence-electron chi connectivity index (χ1n) is 8.07. The molecule has 0 saturated carbocycles. The van der Waals surface area contributed by atoms with Gasteiger partial charge in [-0.05, 0) is 25.1 Å². The molecule has 8 nitrogen and oxygen atoms in total. The fraction of sp³-hybridized carbons (Fsp3) is 0.529. The standard InChI is InChI=1S/C15H21F3N2O4.C2H4O2/c1-20(9-15(16,17)18)14(21)10-7-11(22-2)13(12(8-10)23-3)24-6-4-5-19;1-2(3)4/h7-8H,4-6,9,19H2,1-3H3;1H3,(H,3,4). The number of ether oxygens (including phenoxy) is 3. The van der Waals surface area contributed by atoms with Crippen molar-refractivity contribution in [2.24, 2.45) is 5.73 Å². The normalized spacial score (nSPS) is 10.4. The van der Waals surface area contributed by atoms with Gasteiger partial charge in [-0.1, -0.05) is 0 Å². The molecule has 1 aromatic carbocycles. The second kappa shape index (κ2) is 11.9. The van der Waals surface area contributed by atoms with Crippen LogP contribution in [0.25, 0.3) is 0 Å². The van der Waals surface area contributed by atoms with Crippen LogP contribution in [0.4, 0.5) is 13.2 Å². The number of benzene rings is 1. The smallest absolute Gasteiger partial charge is 0.406 e. The summed E-state index contributed by atoms with van der Waals surface area (Å²) in [4.78, 5) is 21.8. The molecular formula is C17H25F3N2O6. The SMILES string of the molecule is CC(=O)O.COc1cc(C(=O)N(C)CC(F)(F)F)cc(OC)c1OCCCN. The summed E-state index contributed by atoms with van der Waals surface area (Å²) in [5.41, 5.74) is 5.40. The lowest BCUT2D eigenvalue weighted by Gasteiger charge is -2.21. The molecule has 11 heteroatoms. The number of carboxylic acids is 1. The molecule has 1 aromatic rings. The molecule has 0 spiro atoms. The number of nitrogens with zero attached hydrogens (tertiary/aromatic N) is 1. The van der Waals surface area contributed by atoms with E-state index in [9.17, 15) is 18.0 Å². The van der Waals surface area contributed by atoms with Crippen LogP contribution >= 0.6 is 0 Å². The van der Waals surface area contributed by atoms with Crippen molar-refractivity contribution in [3.63, 3.8) is 0 Å². The largest absolute Gasteiger partial charge is 0.493 e. The predicted molar refractivity (Wildman–Crippen MR) is 95.0 cm³/mol. The zero-order chi connectivity index (χ0) is 21.9. The zero-order valence-corrected chi connectivity index (χ0v) is 16.1. The number of halogens is 3. The number of hydrogen-bond acceptors (Lipinski definition) is 6. The van der Waals surface area contributed by atoms with E-state index in [1.807, 2.05) is 0 Å². The molecule has 0 radical (unpaired) electrons. The molecule has 0 saturated heterocycles. The Bertz CT molecular complexity index is 623. The van der Waals surface area contributed by atoms with E-state index in [2.05, 4.69) is 0 Å². The van der Waals surface area contributed by atoms with Crippen molar-refractivity contribution in [3.05, 3.63) is 17.7 Å². The van der Waals surface area contributed by atoms with Crippen molar-refractivity contribution in [2.75, 3.05) is 41.0 Å². The fourth-order valence-electron chi connectivity index (χ4n) is 1.96. The highest BCUT2D eigenvalue weighted by atomic mass is 19.4. The topological polar surface area (TPSA) is 111 Å². The van der Waals surface area contributed by atoms with Crippen molar-refractivity contribution in [1.29, 1.82) is 0 Å². The molecule has 0 aliphatic carbocycles. The van der Waals surface area contributed by atoms with Gasteiger partial charge < -0.3 is 30.0 Å². The number of hydrogen-bond donors (Lipinski definition) is 2. The molecule has 3 N–H and O–H groups in total. The van der Waals surface area contributed by atoms with Crippen molar-refractivity contribution >= 4 is 11.9 Å². The van der Waals surface area contributed by atoms with Crippen LogP contribution in [0.5, 0.6) is 17.2 Å². The lowest BCUT2D eigenvalue weighted by atomic mass is 10.1. The van der Waals surface area contributed by atoms with Gasteiger partial charge in [0.2, 0.25) is 5.75 Å². The molecule has 160 valence electrons. The van der Waals surface area contributed by atoms with Crippen molar-refractivity contribution in [2.45, 2.75) is 19.5 Å². The van der Waals surface area contributed by atoms with E-state index >= 15 is 0 Å². The fourth-order valence-corrected chi connectivity index (χ4v) is 1.96. The first-order chi connectivity index (χ1) is 13.0. The van der Waals surface area contributed by atoms with E-state index in [1.165, 1.54) is 26.4 Å². The molecule has 0 heterocycles. The van der Waals surface area contributed by atoms with Crippen LogP contribution < -0.4 is 19.9 Å². The lowest BCUT2D eigenvalue weighted by molar-refractivity contribution is -0.138. The molecule has 1 rings (SSSR count). The highest BCUT2D eigenvalue weighted by Gasteiger charge is 2.32. The van der Waals surface area contributed by atoms with Gasteiger partial charge in [0.15, 0.2) is 11.5 Å². The van der Waals surface area contributed by atoms with Crippen LogP contribution in [0.15, 0.2) is 12.1 Å². The predicted octanol–water partition coefficient (Wildman–Crippen LogP) is 2.16. The van der Waals surface area contributed by atoms with Gasteiger partial charge in [-0.25, -0.2) is 0 Å². The Kier molecular flexibility index (Phi) is 10.8. The average molecular weight is 410 g/mol. The quantitative estimate of drug-likeness (QED) is 0.632. The van der Waals surface area contributed by atoms with Gasteiger partial charge in [0.25, 0.3) is 11.9 Å². The first kappa shape index (κ1) is 25.3. The maximum atomic E-state index is 12.4. The summed E-state index contributed by atoms with van der Waals surface area (Å²) in [5.74, 6) is -0.994. The third-order valence-electron chi connectivity index (χ3n) is 3.07. The number of methoxy groups -OCH3 is 2. The molecule has 0 bridgehead atoms. The zero-order valence-electron chi connectivity index (χ0n) is 16.1. The summed E-state index contributed by atoms with van der Waals surface area (Å²) in [6.07, 6.45) is -3.88. The monoisotopic (exact) mass is 410 g/mol. The molecule has 1 amide bonds. The van der Waals surface area contributed by atoms with E-state index in [1.54, 1.807) is 0 Å². The van der Waals surface area contributed by atoms with Crippen LogP contribution in [0.2, 0.25) is 0 Å². The number of amides is 1. The Morgan fingerprint density at radius 1 is 1.18 bits per heavy atom. The second-order valence-corrected chi connectivity index (χ2v) is 5.50. The van der Waals surface area contributed by atoms with Gasteiger partial charge in [0, 0.05) is 19.5 Å². The summed E-state index contributed by atoms with van der Waals surface area (Å²) in [7, 11) is 3.79. The maximum absolute atomic E-state index is 12.4. The second-order valence-electron chi connectivity index (χ2n) is 5.50. The van der Waals surface area contributed by atoms with E-state index in [4.69, 9.17) is 29.8 Å². The molecule has 0 aliphatic rings. The Balaban J connectivity index is 0.00000165. The lowest BCUT2D eigenvalue weighted by Crippen LogP contribution is -2.35. The van der Waals surface area contributed by atoms with Crippen molar-refractivity contribution in [1.82, 2.24) is 4.90 Å². The minimum atomic E-state index is -4.48. The molecule has 28 heavy (non-hydrogen) atoms. The van der Waals surface area contributed by atoms with Gasteiger partial charge in [-0.3, -0.25) is 9.59 Å². The molecule has 0 atom stereocenters. The molecule has 0 fully saturated rings. The Morgan fingerprint density at radius 3 is 2.00 bits per heavy atom. The molecule has 0 aromatic heterocycles. The third-order valence-corrected chi connectivity index (χ3v) is 3.07. The summed E-state index contributed by atoms with van der Waals surface area (Å²) >= 11 is 0. The van der Waals surface area contributed by atoms with Gasteiger partial charge in [0.1, 0.15) is 6.54 Å². The van der Waals surface area contributed by atoms with E-state index in [0.717, 1.165) is 14.0 Å². The summed E-state index contributed by atoms with van der Waals surface area (Å²) in [6.45, 7) is 0.471. The number of alkyl halides is 3. The number of carboxylic acid groups (broad SMARTS) is 1. The number of rotatable bonds is 8. The number of nitrogens with two attached hydrogens (primary N) is 1. The van der Waals surface area contributed by atoms with E-state index < -0.39 is 24.6 Å². The van der Waals surface area contributed by atoms with Crippen LogP contribution in [-0.2, 0) is 4.79 Å². The van der Waals surface area contributed by atoms with E-state index in [-0.39, 0.29) is 22.8 Å². The van der Waals surface area contributed by atoms with Crippen LogP contribution in [-0.4, -0.2) is 69.0 Å². The Morgan fingerprint density at radius 2 is 1.64 bits per heavy atom. The third kappa shape index (κ3) is 9.31. The Hall–Kier alpha value is -2.69. The summed E-state index contributed by atoms with van der Waals surface area (Å²) in [5, 5.41) is 7.42. The molecule has 0 aliphatic heterocycles. The minimum absolute atomic E-state index is 0.00150. The van der Waals surface area contributed by atoms with E-state index in [0.29, 0.717) is 24.5 Å². The average Bonchev–Trinajstić information content (AvgIpc) is 2.59. The van der Waals surface area contributed by atoms with Crippen molar-refractivity contribution < 1.29 is 42.1 Å². The number of aliphatic carboxylic acids is 1. The highest BCUT2D eigenvalue weighted by molar-refractivity contribution is 5.95. The van der Waals surface area contributed by atoms with Crippen LogP contribution in [0.3, 0.4) is 0 Å². The molecule has 0 unspecified atom stereocenters. The van der Waals surface area contributed by atoms with Gasteiger partial charge in [-0.15, -0.1) is 0 Å². The highest BCUT2D eigenvalue weighted by Crippen LogP contribution is 2.39. The van der Waals surface area contributed by atoms with Crippen LogP contribution in [0, 0.1) is 0 Å². The summed E-state index contributed by atoms with van der Waals surface area (Å²) in [6, 6.07) is 2.63. The van der Waals surface area contributed by atoms with Gasteiger partial charge >= 0.3 is 6.18 Å². The van der Waals surface area contributed by atoms with Gasteiger partial charge in [0.05, 0.1) is 20.8 Å². The van der Waals surface area contributed by atoms with Crippen LogP contribution in [0.1, 0.15) is 23.7 Å². The van der Waals surface area contributed by atoms with Crippen molar-refractivity contribution in [3.8, 4) is 17.2 Å². The summed E-state index contributed by atoms with van der Waals surface area (Å²) < 4.78 is 53.2. The maximum Gasteiger partial charge on any atom is 0.406 e. The molecular weight excluding hydrogens is 385 g/mol. The minimum Gasteiger partial charge on any atom is -0.493 e. The number of carbonyl (C=O) groups is 2. The van der Waals surface area contributed by atoms with Gasteiger partial charge in [-0.2, -0.15) is 13.2 Å². The Labute approximate surface area is 161 Å². The number of carbonyl (C=O) groups excluding carboxylic acids is 1. The first-order valence-corrected chi connectivity index (χ1v) is 8.07.